The van der Waals surface area contributed by atoms with Crippen molar-refractivity contribution in [3.63, 3.8) is 0 Å². The summed E-state index contributed by atoms with van der Waals surface area (Å²) in [6.07, 6.45) is 0.999. The number of rotatable bonds is 40. The second kappa shape index (κ2) is 40.3. The lowest BCUT2D eigenvalue weighted by Crippen LogP contribution is -2.31. The van der Waals surface area contributed by atoms with Gasteiger partial charge in [0.25, 0.3) is 0 Å². The fourth-order valence-electron chi connectivity index (χ4n) is 15.5. The van der Waals surface area contributed by atoms with Crippen LogP contribution in [0.3, 0.4) is 0 Å². The maximum absolute atomic E-state index is 7.13. The zero-order valence-electron chi connectivity index (χ0n) is 68.4. The Balaban J connectivity index is 0.744. The molecule has 1 aliphatic rings. The van der Waals surface area contributed by atoms with Gasteiger partial charge in [0.2, 0.25) is 0 Å². The molecule has 123 heavy (non-hydrogen) atoms. The number of hydrogen-bond donors (Lipinski definition) is 0. The Morgan fingerprint density at radius 3 is 0.439 bits per heavy atom. The van der Waals surface area contributed by atoms with Crippen LogP contribution < -0.4 is 56.8 Å². The number of hydrogen-bond acceptors (Lipinski definition) is 12. The van der Waals surface area contributed by atoms with Crippen LogP contribution in [0.4, 0.5) is 0 Å². The lowest BCUT2D eigenvalue weighted by Gasteiger charge is -2.33. The highest BCUT2D eigenvalue weighted by Gasteiger charge is 2.43. The molecule has 0 heterocycles. The number of fused-ring (bicyclic) bond motifs is 3. The van der Waals surface area contributed by atoms with Gasteiger partial charge >= 0.3 is 0 Å². The molecule has 16 aromatic carbocycles. The van der Waals surface area contributed by atoms with Gasteiger partial charge in [0.15, 0.2) is 0 Å². The Hall–Kier alpha value is -14.9. The summed E-state index contributed by atoms with van der Waals surface area (Å²) in [6.45, 7) is 3.63. The molecule has 0 atom stereocenters. The molecule has 0 aromatic heterocycles. The molecule has 12 nitrogen and oxygen atoms in total. The van der Waals surface area contributed by atoms with Crippen LogP contribution in [0.2, 0.25) is 0 Å². The van der Waals surface area contributed by atoms with Gasteiger partial charge in [-0.05, 0) is 186 Å². The van der Waals surface area contributed by atoms with Crippen molar-refractivity contribution in [3.05, 3.63) is 489 Å². The third-order valence-corrected chi connectivity index (χ3v) is 21.4. The fourth-order valence-corrected chi connectivity index (χ4v) is 15.5. The first-order valence-electron chi connectivity index (χ1n) is 41.7. The average molecular weight is 1620 g/mol. The summed E-state index contributed by atoms with van der Waals surface area (Å²) in [7, 11) is 0. The van der Waals surface area contributed by atoms with Crippen LogP contribution in [-0.4, -0.2) is 0 Å². The molecule has 0 bridgehead atoms. The molecule has 0 spiro atoms. The van der Waals surface area contributed by atoms with Crippen molar-refractivity contribution in [1.29, 1.82) is 0 Å². The highest BCUT2D eigenvalue weighted by Crippen LogP contribution is 2.53. The summed E-state index contributed by atoms with van der Waals surface area (Å²) < 4.78 is 80.9. The van der Waals surface area contributed by atoms with Gasteiger partial charge in [-0.1, -0.05) is 291 Å². The maximum Gasteiger partial charge on any atom is 0.123 e. The molecule has 16 aromatic rings. The SMILES string of the molecule is c1ccc(COc2cc(COc3cc(CC4(Cc5cc(OCc6cc(OCc7ccccc7)cc(OCc7ccccc7)c6)cc(OCc6cc(OCc7ccccc7)cc(OCc7ccccc7)c6)c5)c5ccccc5-c5ccccc54)cc(OCc4cc(OCc5ccccc5)cc(OCc5ccccc5)c4)c3)cc(OCc3ccccc3)c2)cc1. The van der Waals surface area contributed by atoms with Gasteiger partial charge in [-0.3, -0.25) is 0 Å². The average Bonchev–Trinajstić information content (AvgIpc) is 1.56. The van der Waals surface area contributed by atoms with E-state index in [1.54, 1.807) is 0 Å². The van der Waals surface area contributed by atoms with E-state index in [9.17, 15) is 0 Å². The van der Waals surface area contributed by atoms with E-state index in [2.05, 4.69) is 170 Å². The van der Waals surface area contributed by atoms with Crippen LogP contribution in [-0.2, 0) is 97.5 Å². The summed E-state index contributed by atoms with van der Waals surface area (Å²) in [4.78, 5) is 0. The predicted molar refractivity (Wildman–Crippen MR) is 482 cm³/mol. The molecule has 1 aliphatic carbocycles. The lowest BCUT2D eigenvalue weighted by molar-refractivity contribution is 0.275. The largest absolute Gasteiger partial charge is 0.489 e. The first kappa shape index (κ1) is 80.5. The van der Waals surface area contributed by atoms with E-state index in [1.165, 1.54) is 11.1 Å². The molecule has 0 amide bonds. The minimum absolute atomic E-state index is 0.169. The van der Waals surface area contributed by atoms with Crippen LogP contribution in [0.1, 0.15) is 89.0 Å². The van der Waals surface area contributed by atoms with Crippen LogP contribution >= 0.6 is 0 Å². The summed E-state index contributed by atoms with van der Waals surface area (Å²) in [5, 5.41) is 0. The molecule has 17 rings (SSSR count). The number of benzene rings is 16. The second-order valence-corrected chi connectivity index (χ2v) is 30.8. The molecule has 0 radical (unpaired) electrons. The standard InChI is InChI=1S/C111H94O12/c1-9-29-81(30-10-1)69-112-99-53-91(54-100(63-99)113-70-82-31-11-2-12-32-82)77-120-95-49-89(50-96(61-95)121-78-92-55-101(114-71-83-33-13-3-14-34-83)64-102(56-92)115-72-84-35-15-4-16-36-84)67-111(109-47-27-25-45-107(109)108-46-26-28-48-110(108)111)68-90-51-97(122-79-93-57-103(116-73-85-37-17-5-18-38-85)65-104(58-93)117-74-86-39-19-6-20-40-86)62-98(52-90)123-80-94-59-105(118-75-87-41-21-7-22-42-87)66-106(60-94)119-76-88-43-23-8-24-44-88/h1-66H,67-80H2. The summed E-state index contributed by atoms with van der Waals surface area (Å²) in [5.41, 5.74) is 17.6. The molecular formula is C111H94O12. The van der Waals surface area contributed by atoms with Crippen LogP contribution in [0, 0.1) is 0 Å². The summed E-state index contributed by atoms with van der Waals surface area (Å²) in [5.74, 6) is 7.62. The first-order chi connectivity index (χ1) is 60.8. The number of ether oxygens (including phenoxy) is 12. The van der Waals surface area contributed by atoms with Gasteiger partial charge < -0.3 is 56.8 Å². The highest BCUT2D eigenvalue weighted by molar-refractivity contribution is 5.82. The normalized spacial score (nSPS) is 11.6. The zero-order valence-corrected chi connectivity index (χ0v) is 68.4. The smallest absolute Gasteiger partial charge is 0.123 e. The minimum Gasteiger partial charge on any atom is -0.489 e. The van der Waals surface area contributed by atoms with Crippen molar-refractivity contribution < 1.29 is 56.8 Å². The summed E-state index contributed by atoms with van der Waals surface area (Å²) in [6, 6.07) is 135. The monoisotopic (exact) mass is 1620 g/mol. The Morgan fingerprint density at radius 2 is 0.268 bits per heavy atom. The molecule has 0 saturated carbocycles. The first-order valence-corrected chi connectivity index (χ1v) is 41.7. The van der Waals surface area contributed by atoms with Crippen LogP contribution in [0.5, 0.6) is 69.0 Å². The predicted octanol–water partition coefficient (Wildman–Crippen LogP) is 25.4. The fraction of sp³-hybridized carbons (Fsp3) is 0.135. The topological polar surface area (TPSA) is 111 Å². The Bertz CT molecular complexity index is 5140. The maximum atomic E-state index is 7.13. The Kier molecular flexibility index (Phi) is 26.4. The Labute approximate surface area is 719 Å². The van der Waals surface area contributed by atoms with Crippen molar-refractivity contribution in [2.75, 3.05) is 0 Å². The van der Waals surface area contributed by atoms with Gasteiger partial charge in [-0.2, -0.15) is 0 Å². The van der Waals surface area contributed by atoms with Gasteiger partial charge in [-0.25, -0.2) is 0 Å². The van der Waals surface area contributed by atoms with Crippen LogP contribution in [0.25, 0.3) is 11.1 Å². The molecule has 12 heteroatoms. The van der Waals surface area contributed by atoms with E-state index in [4.69, 9.17) is 56.8 Å². The molecule has 0 saturated heterocycles. The third-order valence-electron chi connectivity index (χ3n) is 21.4. The van der Waals surface area contributed by atoms with Crippen molar-refractivity contribution >= 4 is 0 Å². The van der Waals surface area contributed by atoms with E-state index in [1.807, 2.05) is 231 Å². The second-order valence-electron chi connectivity index (χ2n) is 30.8. The van der Waals surface area contributed by atoms with Crippen LogP contribution in [0.15, 0.2) is 400 Å². The van der Waals surface area contributed by atoms with E-state index in [0.29, 0.717) is 135 Å². The Morgan fingerprint density at radius 1 is 0.130 bits per heavy atom. The minimum atomic E-state index is -0.728. The van der Waals surface area contributed by atoms with E-state index in [-0.39, 0.29) is 26.4 Å². The van der Waals surface area contributed by atoms with E-state index >= 15 is 0 Å². The molecular weight excluding hydrogens is 1530 g/mol. The lowest BCUT2D eigenvalue weighted by atomic mass is 9.69. The zero-order chi connectivity index (χ0) is 82.9. The third kappa shape index (κ3) is 22.5. The molecule has 0 unspecified atom stereocenters. The van der Waals surface area contributed by atoms with E-state index in [0.717, 1.165) is 89.0 Å². The van der Waals surface area contributed by atoms with Gasteiger partial charge in [0, 0.05) is 41.8 Å². The van der Waals surface area contributed by atoms with Gasteiger partial charge in [-0.15, -0.1) is 0 Å². The molecule has 0 N–H and O–H groups in total. The highest BCUT2D eigenvalue weighted by atomic mass is 16.5. The van der Waals surface area contributed by atoms with Crippen molar-refractivity contribution in [3.8, 4) is 80.1 Å². The molecule has 0 aliphatic heterocycles. The van der Waals surface area contributed by atoms with Crippen molar-refractivity contribution in [1.82, 2.24) is 0 Å². The van der Waals surface area contributed by atoms with Gasteiger partial charge in [0.1, 0.15) is 148 Å². The van der Waals surface area contributed by atoms with Gasteiger partial charge in [0.05, 0.1) is 0 Å². The van der Waals surface area contributed by atoms with Crippen molar-refractivity contribution in [2.24, 2.45) is 0 Å². The van der Waals surface area contributed by atoms with E-state index < -0.39 is 5.41 Å². The molecule has 610 valence electrons. The van der Waals surface area contributed by atoms with Crippen molar-refractivity contribution in [2.45, 2.75) is 97.5 Å². The quantitative estimate of drug-likeness (QED) is 0.0365. The summed E-state index contributed by atoms with van der Waals surface area (Å²) >= 11 is 0. The molecule has 0 fully saturated rings.